The highest BCUT2D eigenvalue weighted by molar-refractivity contribution is 7.21. The lowest BCUT2D eigenvalue weighted by atomic mass is 9.99. The molecule has 33 heavy (non-hydrogen) atoms. The highest BCUT2D eigenvalue weighted by atomic mass is 35.5. The standard InChI is InChI=1S/C23H19ClN6OS2/c24-14-2-1-3-15(10-14)29-5-7-30(8-6-29)23(31)20-19(26)18-17(13-4-9-32-12-13)16(11-25)21(27)28-22(18)33-20/h1-4,9-10,12H,5-8,26H2,(H2,27,28). The van der Waals surface area contributed by atoms with Gasteiger partial charge in [0.25, 0.3) is 5.91 Å². The molecule has 0 spiro atoms. The number of nitrogen functional groups attached to an aromatic ring is 2. The molecule has 10 heteroatoms. The number of nitriles is 1. The first-order valence-electron chi connectivity index (χ1n) is 10.2. The van der Waals surface area contributed by atoms with Crippen LogP contribution in [0.25, 0.3) is 21.3 Å². The van der Waals surface area contributed by atoms with Gasteiger partial charge in [-0.25, -0.2) is 4.98 Å². The van der Waals surface area contributed by atoms with Crippen molar-refractivity contribution in [2.75, 3.05) is 42.5 Å². The number of aromatic nitrogens is 1. The number of carbonyl (C=O) groups excluding carboxylic acids is 1. The maximum Gasteiger partial charge on any atom is 0.266 e. The Labute approximate surface area is 203 Å². The van der Waals surface area contributed by atoms with E-state index in [4.69, 9.17) is 23.1 Å². The van der Waals surface area contributed by atoms with Crippen molar-refractivity contribution in [1.29, 1.82) is 5.26 Å². The Bertz CT molecular complexity index is 1400. The van der Waals surface area contributed by atoms with Crippen LogP contribution in [0, 0.1) is 11.3 Å². The molecular weight excluding hydrogens is 476 g/mol. The molecule has 1 aliphatic rings. The van der Waals surface area contributed by atoms with Gasteiger partial charge < -0.3 is 21.3 Å². The zero-order valence-corrected chi connectivity index (χ0v) is 19.8. The SMILES string of the molecule is N#Cc1c(N)nc2sc(C(=O)N3CCN(c4cccc(Cl)c4)CC3)c(N)c2c1-c1ccsc1. The quantitative estimate of drug-likeness (QED) is 0.427. The second-order valence-corrected chi connectivity index (χ2v) is 9.87. The van der Waals surface area contributed by atoms with E-state index >= 15 is 0 Å². The summed E-state index contributed by atoms with van der Waals surface area (Å²) in [6.07, 6.45) is 0. The number of nitrogens with two attached hydrogens (primary N) is 2. The number of fused-ring (bicyclic) bond motifs is 1. The molecule has 4 heterocycles. The molecule has 1 aliphatic heterocycles. The number of thiophene rings is 2. The minimum Gasteiger partial charge on any atom is -0.397 e. The minimum absolute atomic E-state index is 0.130. The first kappa shape index (κ1) is 21.5. The topological polar surface area (TPSA) is 112 Å². The summed E-state index contributed by atoms with van der Waals surface area (Å²) in [5.74, 6) is 0.0103. The Hall–Kier alpha value is -3.32. The van der Waals surface area contributed by atoms with Gasteiger partial charge in [0.1, 0.15) is 27.2 Å². The van der Waals surface area contributed by atoms with Gasteiger partial charge in [-0.1, -0.05) is 17.7 Å². The number of piperazine rings is 1. The van der Waals surface area contributed by atoms with Crippen molar-refractivity contribution in [1.82, 2.24) is 9.88 Å². The average molecular weight is 495 g/mol. The third-order valence-electron chi connectivity index (χ3n) is 5.76. The maximum absolute atomic E-state index is 13.4. The van der Waals surface area contributed by atoms with Crippen molar-refractivity contribution < 1.29 is 4.79 Å². The number of carbonyl (C=O) groups is 1. The molecule has 0 radical (unpaired) electrons. The molecular formula is C23H19ClN6OS2. The van der Waals surface area contributed by atoms with Gasteiger partial charge in [-0.2, -0.15) is 16.6 Å². The molecule has 1 aromatic carbocycles. The maximum atomic E-state index is 13.4. The third kappa shape index (κ3) is 3.76. The Kier molecular flexibility index (Phi) is 5.58. The lowest BCUT2D eigenvalue weighted by Crippen LogP contribution is -2.48. The van der Waals surface area contributed by atoms with Gasteiger partial charge in [-0.3, -0.25) is 4.79 Å². The number of rotatable bonds is 3. The van der Waals surface area contributed by atoms with Crippen LogP contribution in [-0.4, -0.2) is 42.0 Å². The highest BCUT2D eigenvalue weighted by Gasteiger charge is 2.29. The van der Waals surface area contributed by atoms with E-state index in [1.807, 2.05) is 41.1 Å². The van der Waals surface area contributed by atoms with Crippen molar-refractivity contribution in [2.24, 2.45) is 0 Å². The van der Waals surface area contributed by atoms with Gasteiger partial charge >= 0.3 is 0 Å². The number of benzene rings is 1. The normalized spacial score (nSPS) is 13.9. The zero-order chi connectivity index (χ0) is 23.1. The van der Waals surface area contributed by atoms with E-state index in [-0.39, 0.29) is 17.3 Å². The Morgan fingerprint density at radius 3 is 2.64 bits per heavy atom. The molecule has 5 rings (SSSR count). The van der Waals surface area contributed by atoms with Crippen LogP contribution in [0.15, 0.2) is 41.1 Å². The van der Waals surface area contributed by atoms with Gasteiger partial charge in [0.05, 0.1) is 5.69 Å². The van der Waals surface area contributed by atoms with Crippen LogP contribution in [0.4, 0.5) is 17.2 Å². The second kappa shape index (κ2) is 8.56. The molecule has 7 nitrogen and oxygen atoms in total. The van der Waals surface area contributed by atoms with Gasteiger partial charge in [-0.15, -0.1) is 11.3 Å². The molecule has 1 fully saturated rings. The number of hydrogen-bond donors (Lipinski definition) is 2. The van der Waals surface area contributed by atoms with E-state index in [1.54, 1.807) is 4.90 Å². The predicted molar refractivity (Wildman–Crippen MR) is 136 cm³/mol. The monoisotopic (exact) mass is 494 g/mol. The summed E-state index contributed by atoms with van der Waals surface area (Å²) in [6.45, 7) is 2.52. The predicted octanol–water partition coefficient (Wildman–Crippen LogP) is 4.68. The van der Waals surface area contributed by atoms with Crippen molar-refractivity contribution in [3.8, 4) is 17.2 Å². The first-order valence-corrected chi connectivity index (χ1v) is 12.4. The average Bonchev–Trinajstić information content (AvgIpc) is 3.46. The fourth-order valence-electron chi connectivity index (χ4n) is 4.12. The zero-order valence-electron chi connectivity index (χ0n) is 17.4. The van der Waals surface area contributed by atoms with E-state index < -0.39 is 0 Å². The number of anilines is 3. The minimum atomic E-state index is -0.130. The van der Waals surface area contributed by atoms with Crippen LogP contribution in [-0.2, 0) is 0 Å². The second-order valence-electron chi connectivity index (χ2n) is 7.66. The van der Waals surface area contributed by atoms with Crippen molar-refractivity contribution >= 4 is 67.6 Å². The summed E-state index contributed by atoms with van der Waals surface area (Å²) in [6, 6.07) is 11.8. The summed E-state index contributed by atoms with van der Waals surface area (Å²) >= 11 is 8.86. The molecule has 4 N–H and O–H groups in total. The fourth-order valence-corrected chi connectivity index (χ4v) is 6.03. The van der Waals surface area contributed by atoms with Gasteiger partial charge in [-0.05, 0) is 40.6 Å². The Morgan fingerprint density at radius 2 is 1.97 bits per heavy atom. The molecule has 0 aliphatic carbocycles. The molecule has 0 atom stereocenters. The Morgan fingerprint density at radius 1 is 1.18 bits per heavy atom. The number of nitrogens with zero attached hydrogens (tertiary/aromatic N) is 4. The molecule has 166 valence electrons. The van der Waals surface area contributed by atoms with E-state index in [2.05, 4.69) is 16.0 Å². The van der Waals surface area contributed by atoms with Crippen LogP contribution in [0.5, 0.6) is 0 Å². The van der Waals surface area contributed by atoms with Crippen LogP contribution in [0.3, 0.4) is 0 Å². The number of amides is 1. The summed E-state index contributed by atoms with van der Waals surface area (Å²) in [5, 5.41) is 14.9. The summed E-state index contributed by atoms with van der Waals surface area (Å²) in [7, 11) is 0. The van der Waals surface area contributed by atoms with Gasteiger partial charge in [0, 0.05) is 47.8 Å². The van der Waals surface area contributed by atoms with E-state index in [1.165, 1.54) is 22.7 Å². The summed E-state index contributed by atoms with van der Waals surface area (Å²) in [4.78, 5) is 22.8. The van der Waals surface area contributed by atoms with Crippen molar-refractivity contribution in [3.63, 3.8) is 0 Å². The molecule has 0 bridgehead atoms. The number of halogens is 1. The third-order valence-corrected chi connectivity index (χ3v) is 7.77. The van der Waals surface area contributed by atoms with Crippen LogP contribution in [0.2, 0.25) is 5.02 Å². The molecule has 0 saturated carbocycles. The van der Waals surface area contributed by atoms with E-state index in [0.29, 0.717) is 57.5 Å². The Balaban J connectivity index is 1.47. The molecule has 1 amide bonds. The first-order chi connectivity index (χ1) is 16.0. The molecule has 4 aromatic rings. The van der Waals surface area contributed by atoms with Gasteiger partial charge in [0.15, 0.2) is 0 Å². The molecule has 1 saturated heterocycles. The molecule has 3 aromatic heterocycles. The van der Waals surface area contributed by atoms with E-state index in [9.17, 15) is 10.1 Å². The van der Waals surface area contributed by atoms with Crippen LogP contribution < -0.4 is 16.4 Å². The molecule has 0 unspecified atom stereocenters. The summed E-state index contributed by atoms with van der Waals surface area (Å²) in [5.41, 5.74) is 15.8. The van der Waals surface area contributed by atoms with Crippen molar-refractivity contribution in [2.45, 2.75) is 0 Å². The van der Waals surface area contributed by atoms with Crippen LogP contribution >= 0.6 is 34.3 Å². The van der Waals surface area contributed by atoms with Crippen LogP contribution in [0.1, 0.15) is 15.2 Å². The number of hydrogen-bond acceptors (Lipinski definition) is 8. The van der Waals surface area contributed by atoms with Gasteiger partial charge in [0.2, 0.25) is 0 Å². The largest absolute Gasteiger partial charge is 0.397 e. The fraction of sp³-hybridized carbons (Fsp3) is 0.174. The van der Waals surface area contributed by atoms with E-state index in [0.717, 1.165) is 11.3 Å². The smallest absolute Gasteiger partial charge is 0.266 e. The lowest BCUT2D eigenvalue weighted by Gasteiger charge is -2.36. The highest BCUT2D eigenvalue weighted by Crippen LogP contribution is 2.43. The lowest BCUT2D eigenvalue weighted by molar-refractivity contribution is 0.0752. The number of pyridine rings is 1. The van der Waals surface area contributed by atoms with Crippen molar-refractivity contribution in [3.05, 3.63) is 56.6 Å². The summed E-state index contributed by atoms with van der Waals surface area (Å²) < 4.78 is 0.